The summed E-state index contributed by atoms with van der Waals surface area (Å²) in [4.78, 5) is 12.0. The minimum absolute atomic E-state index is 0.128. The van der Waals surface area contributed by atoms with Crippen molar-refractivity contribution in [1.82, 2.24) is 5.32 Å². The molecule has 17 heavy (non-hydrogen) atoms. The fourth-order valence-corrected chi connectivity index (χ4v) is 1.59. The number of hydrogen-bond acceptors (Lipinski definition) is 3. The summed E-state index contributed by atoms with van der Waals surface area (Å²) in [5, 5.41) is 3.23. The number of nitrogens with one attached hydrogen (secondary N) is 1. The predicted octanol–water partition coefficient (Wildman–Crippen LogP) is 2.66. The number of hydrogen-bond donors (Lipinski definition) is 1. The smallest absolute Gasteiger partial charge is 0.179 e. The lowest BCUT2D eigenvalue weighted by atomic mass is 10.1. The van der Waals surface area contributed by atoms with Gasteiger partial charge in [0.25, 0.3) is 0 Å². The molecule has 94 valence electrons. The molecule has 1 aromatic carbocycles. The molecule has 0 amide bonds. The first kappa shape index (κ1) is 13.7. The van der Waals surface area contributed by atoms with E-state index in [9.17, 15) is 4.79 Å². The van der Waals surface area contributed by atoms with Gasteiger partial charge in [0.1, 0.15) is 5.75 Å². The van der Waals surface area contributed by atoms with Crippen LogP contribution in [-0.2, 0) is 0 Å². The Labute approximate surface area is 103 Å². The summed E-state index contributed by atoms with van der Waals surface area (Å²) >= 11 is 0. The first-order valence-corrected chi connectivity index (χ1v) is 6.10. The van der Waals surface area contributed by atoms with Crippen molar-refractivity contribution in [3.63, 3.8) is 0 Å². The maximum Gasteiger partial charge on any atom is 0.179 e. The third-order valence-corrected chi connectivity index (χ3v) is 2.75. The third kappa shape index (κ3) is 4.19. The van der Waals surface area contributed by atoms with Gasteiger partial charge in [0.2, 0.25) is 0 Å². The maximum atomic E-state index is 12.0. The number of carbonyl (C=O) groups excluding carboxylic acids is 1. The van der Waals surface area contributed by atoms with E-state index in [4.69, 9.17) is 4.74 Å². The SMILES string of the molecule is CCCCNC(C)C(=O)c1ccc(OC)cc1. The molecule has 0 fully saturated rings. The Morgan fingerprint density at radius 2 is 2.00 bits per heavy atom. The average molecular weight is 235 g/mol. The van der Waals surface area contributed by atoms with E-state index in [0.29, 0.717) is 0 Å². The van der Waals surface area contributed by atoms with Crippen molar-refractivity contribution in [2.75, 3.05) is 13.7 Å². The second-order valence-corrected chi connectivity index (χ2v) is 4.12. The number of Topliss-reactive ketones (excluding diaryl/α,β-unsaturated/α-hetero) is 1. The highest BCUT2D eigenvalue weighted by molar-refractivity contribution is 5.99. The molecule has 0 spiro atoms. The highest BCUT2D eigenvalue weighted by Gasteiger charge is 2.13. The Kier molecular flexibility index (Phi) is 5.70. The van der Waals surface area contributed by atoms with Crippen LogP contribution in [0.25, 0.3) is 0 Å². The molecule has 0 saturated heterocycles. The van der Waals surface area contributed by atoms with E-state index >= 15 is 0 Å². The van der Waals surface area contributed by atoms with Crippen molar-refractivity contribution in [1.29, 1.82) is 0 Å². The molecule has 0 aliphatic heterocycles. The largest absolute Gasteiger partial charge is 0.497 e. The zero-order valence-corrected chi connectivity index (χ0v) is 10.8. The van der Waals surface area contributed by atoms with Crippen LogP contribution in [0.1, 0.15) is 37.0 Å². The summed E-state index contributed by atoms with van der Waals surface area (Å²) in [6, 6.07) is 7.10. The summed E-state index contributed by atoms with van der Waals surface area (Å²) in [6.45, 7) is 4.93. The lowest BCUT2D eigenvalue weighted by Gasteiger charge is -2.12. The van der Waals surface area contributed by atoms with Crippen LogP contribution in [0.5, 0.6) is 5.75 Å². The van der Waals surface area contributed by atoms with E-state index in [1.165, 1.54) is 0 Å². The van der Waals surface area contributed by atoms with Crippen LogP contribution in [0.3, 0.4) is 0 Å². The molecule has 1 rings (SSSR count). The Morgan fingerprint density at radius 1 is 1.35 bits per heavy atom. The zero-order chi connectivity index (χ0) is 12.7. The van der Waals surface area contributed by atoms with Crippen LogP contribution in [-0.4, -0.2) is 25.5 Å². The van der Waals surface area contributed by atoms with E-state index in [1.807, 2.05) is 19.1 Å². The number of ether oxygens (including phenoxy) is 1. The molecule has 3 nitrogen and oxygen atoms in total. The third-order valence-electron chi connectivity index (χ3n) is 2.75. The van der Waals surface area contributed by atoms with Crippen molar-refractivity contribution < 1.29 is 9.53 Å². The van der Waals surface area contributed by atoms with Crippen LogP contribution in [0, 0.1) is 0 Å². The predicted molar refractivity (Wildman–Crippen MR) is 69.7 cm³/mol. The van der Waals surface area contributed by atoms with Crippen LogP contribution in [0.15, 0.2) is 24.3 Å². The molecule has 1 aromatic rings. The van der Waals surface area contributed by atoms with Gasteiger partial charge in [-0.1, -0.05) is 13.3 Å². The van der Waals surface area contributed by atoms with Crippen LogP contribution in [0.4, 0.5) is 0 Å². The summed E-state index contributed by atoms with van der Waals surface area (Å²) in [7, 11) is 1.62. The minimum atomic E-state index is -0.130. The van der Waals surface area contributed by atoms with Gasteiger partial charge in [0.15, 0.2) is 5.78 Å². The Hall–Kier alpha value is -1.35. The topological polar surface area (TPSA) is 38.3 Å². The molecule has 1 unspecified atom stereocenters. The van der Waals surface area contributed by atoms with E-state index in [-0.39, 0.29) is 11.8 Å². The molecule has 0 bridgehead atoms. The van der Waals surface area contributed by atoms with Gasteiger partial charge in [0.05, 0.1) is 13.2 Å². The van der Waals surface area contributed by atoms with Crippen LogP contribution in [0.2, 0.25) is 0 Å². The number of benzene rings is 1. The van der Waals surface area contributed by atoms with Gasteiger partial charge in [0, 0.05) is 5.56 Å². The second-order valence-electron chi connectivity index (χ2n) is 4.12. The number of rotatable bonds is 7. The molecule has 3 heteroatoms. The van der Waals surface area contributed by atoms with Gasteiger partial charge in [-0.3, -0.25) is 4.79 Å². The second kappa shape index (κ2) is 7.07. The van der Waals surface area contributed by atoms with E-state index in [0.717, 1.165) is 30.7 Å². The van der Waals surface area contributed by atoms with Crippen molar-refractivity contribution in [2.24, 2.45) is 0 Å². The molecule has 0 aliphatic carbocycles. The van der Waals surface area contributed by atoms with Gasteiger partial charge in [-0.15, -0.1) is 0 Å². The number of carbonyl (C=O) groups is 1. The number of methoxy groups -OCH3 is 1. The summed E-state index contributed by atoms with van der Waals surface area (Å²) in [5.74, 6) is 0.900. The monoisotopic (exact) mass is 235 g/mol. The van der Waals surface area contributed by atoms with Crippen LogP contribution >= 0.6 is 0 Å². The zero-order valence-electron chi connectivity index (χ0n) is 10.8. The Morgan fingerprint density at radius 3 is 2.53 bits per heavy atom. The van der Waals surface area contributed by atoms with Crippen LogP contribution < -0.4 is 10.1 Å². The first-order chi connectivity index (χ1) is 8.19. The Bertz CT molecular complexity index is 346. The minimum Gasteiger partial charge on any atom is -0.497 e. The standard InChI is InChI=1S/C14H21NO2/c1-4-5-10-15-11(2)14(16)12-6-8-13(17-3)9-7-12/h6-9,11,15H,4-5,10H2,1-3H3. The average Bonchev–Trinajstić information content (AvgIpc) is 2.38. The molecule has 1 atom stereocenters. The molecule has 0 aromatic heterocycles. The van der Waals surface area contributed by atoms with Gasteiger partial charge in [-0.25, -0.2) is 0 Å². The molecule has 0 aliphatic rings. The van der Waals surface area contributed by atoms with Gasteiger partial charge < -0.3 is 10.1 Å². The number of ketones is 1. The lowest BCUT2D eigenvalue weighted by Crippen LogP contribution is -2.34. The van der Waals surface area contributed by atoms with Crippen molar-refractivity contribution >= 4 is 5.78 Å². The summed E-state index contributed by atoms with van der Waals surface area (Å²) < 4.78 is 5.06. The maximum absolute atomic E-state index is 12.0. The highest BCUT2D eigenvalue weighted by Crippen LogP contribution is 2.12. The van der Waals surface area contributed by atoms with Crippen molar-refractivity contribution in [2.45, 2.75) is 32.7 Å². The molecule has 0 heterocycles. The normalized spacial score (nSPS) is 12.2. The molecule has 0 radical (unpaired) electrons. The van der Waals surface area contributed by atoms with Crippen molar-refractivity contribution in [3.8, 4) is 5.75 Å². The molecular formula is C14H21NO2. The van der Waals surface area contributed by atoms with Gasteiger partial charge in [-0.05, 0) is 44.2 Å². The van der Waals surface area contributed by atoms with Gasteiger partial charge >= 0.3 is 0 Å². The fourth-order valence-electron chi connectivity index (χ4n) is 1.59. The highest BCUT2D eigenvalue weighted by atomic mass is 16.5. The molecule has 0 saturated carbocycles. The van der Waals surface area contributed by atoms with E-state index in [2.05, 4.69) is 12.2 Å². The van der Waals surface area contributed by atoms with E-state index in [1.54, 1.807) is 19.2 Å². The van der Waals surface area contributed by atoms with Crippen molar-refractivity contribution in [3.05, 3.63) is 29.8 Å². The summed E-state index contributed by atoms with van der Waals surface area (Å²) in [5.41, 5.74) is 0.724. The van der Waals surface area contributed by atoms with Gasteiger partial charge in [-0.2, -0.15) is 0 Å². The fraction of sp³-hybridized carbons (Fsp3) is 0.500. The Balaban J connectivity index is 2.55. The molecular weight excluding hydrogens is 214 g/mol. The summed E-state index contributed by atoms with van der Waals surface area (Å²) in [6.07, 6.45) is 2.23. The van der Waals surface area contributed by atoms with E-state index < -0.39 is 0 Å². The molecule has 1 N–H and O–H groups in total. The lowest BCUT2D eigenvalue weighted by molar-refractivity contribution is 0.0951. The first-order valence-electron chi connectivity index (χ1n) is 6.10. The quantitative estimate of drug-likeness (QED) is 0.583. The number of unbranched alkanes of at least 4 members (excludes halogenated alkanes) is 1.